The molecule has 1 amide bonds. The van der Waals surface area contributed by atoms with Gasteiger partial charge in [0.15, 0.2) is 0 Å². The van der Waals surface area contributed by atoms with E-state index in [1.807, 2.05) is 38.1 Å². The van der Waals surface area contributed by atoms with Gasteiger partial charge in [-0.1, -0.05) is 42.9 Å². The maximum absolute atomic E-state index is 14.4. The molecule has 0 bridgehead atoms. The molecule has 0 unspecified atom stereocenters. The second-order valence-electron chi connectivity index (χ2n) is 11.3. The highest BCUT2D eigenvalue weighted by molar-refractivity contribution is 7.21. The molecule has 0 fully saturated rings. The van der Waals surface area contributed by atoms with E-state index in [-0.39, 0.29) is 31.0 Å². The van der Waals surface area contributed by atoms with Crippen LogP contribution in [0, 0.1) is 18.3 Å². The Kier molecular flexibility index (Phi) is 10.4. The van der Waals surface area contributed by atoms with E-state index in [9.17, 15) is 19.6 Å². The number of hydrogen-bond donors (Lipinski definition) is 1. The molecule has 3 aromatic heterocycles. The largest absolute Gasteiger partial charge is 0.493 e. The number of carbonyl (C=O) groups excluding carboxylic acids is 1. The highest BCUT2D eigenvalue weighted by Crippen LogP contribution is 2.34. The Morgan fingerprint density at radius 3 is 2.52 bits per heavy atom. The lowest BCUT2D eigenvalue weighted by Gasteiger charge is -2.28. The average Bonchev–Trinajstić information content (AvgIpc) is 3.62. The monoisotopic (exact) mass is 621 g/mol. The first-order valence-electron chi connectivity index (χ1n) is 14.7. The van der Waals surface area contributed by atoms with Crippen LogP contribution in [-0.2, 0) is 21.6 Å². The number of ether oxygens (including phenoxy) is 2. The minimum Gasteiger partial charge on any atom is -0.493 e. The van der Waals surface area contributed by atoms with E-state index in [2.05, 4.69) is 28.5 Å². The molecule has 0 aliphatic rings. The molecule has 0 saturated heterocycles. The van der Waals surface area contributed by atoms with Gasteiger partial charge in [-0.05, 0) is 47.1 Å². The minimum absolute atomic E-state index is 0.0109. The molecule has 13 heteroatoms. The third-order valence-corrected chi connectivity index (χ3v) is 8.51. The molecule has 1 aromatic carbocycles. The molecule has 0 saturated carbocycles. The number of nitrogens with zero attached hydrogens (tertiary/aromatic N) is 6. The summed E-state index contributed by atoms with van der Waals surface area (Å²) in [6.07, 6.45) is 4.33. The van der Waals surface area contributed by atoms with Gasteiger partial charge < -0.3 is 14.8 Å². The first-order chi connectivity index (χ1) is 21.0. The fourth-order valence-electron chi connectivity index (χ4n) is 4.90. The number of unbranched alkanes of at least 4 members (excludes halogenated alkanes) is 1. The summed E-state index contributed by atoms with van der Waals surface area (Å²) < 4.78 is 14.8. The van der Waals surface area contributed by atoms with Gasteiger partial charge in [-0.15, -0.1) is 4.80 Å². The number of nitrogens with one attached hydrogen (secondary N) is 1. The Labute approximate surface area is 259 Å². The Hall–Kier alpha value is -4.28. The van der Waals surface area contributed by atoms with E-state index in [4.69, 9.17) is 9.47 Å². The standard InChI is InChI=1S/C31H39N7O5S/c1-7-8-17-42-23-13-10-9-12-22(23)24(43-18-11-14-32)19-36-28-25(21(4)27(44-28)38-33-15-16-34-38)26(39)37(30(36)41)31(5,6)29(40)35-20(2)3/h9-10,12-13,15-16,20,24H,7-8,11,17-19H2,1-6H3,(H,35,40)/t24-/m0/s1. The zero-order chi connectivity index (χ0) is 32.0. The Morgan fingerprint density at radius 1 is 1.16 bits per heavy atom. The summed E-state index contributed by atoms with van der Waals surface area (Å²) in [6, 6.07) is 9.34. The van der Waals surface area contributed by atoms with E-state index < -0.39 is 28.8 Å². The van der Waals surface area contributed by atoms with Crippen molar-refractivity contribution in [3.8, 4) is 16.8 Å². The molecule has 0 spiro atoms. The molecule has 0 aliphatic heterocycles. The van der Waals surface area contributed by atoms with Crippen molar-refractivity contribution >= 4 is 27.5 Å². The molecule has 1 N–H and O–H groups in total. The zero-order valence-corrected chi connectivity index (χ0v) is 26.8. The van der Waals surface area contributed by atoms with Gasteiger partial charge in [-0.25, -0.2) is 9.36 Å². The number of benzene rings is 1. The fourth-order valence-corrected chi connectivity index (χ4v) is 6.12. The number of fused-ring (bicyclic) bond motifs is 1. The van der Waals surface area contributed by atoms with Crippen LogP contribution in [0.4, 0.5) is 0 Å². The summed E-state index contributed by atoms with van der Waals surface area (Å²) in [7, 11) is 0. The molecule has 0 aliphatic carbocycles. The van der Waals surface area contributed by atoms with Crippen molar-refractivity contribution in [2.75, 3.05) is 13.2 Å². The topological polar surface area (TPSA) is 146 Å². The van der Waals surface area contributed by atoms with Crippen LogP contribution in [-0.4, -0.2) is 49.3 Å². The Bertz CT molecular complexity index is 1760. The highest BCUT2D eigenvalue weighted by atomic mass is 32.1. The molecular weight excluding hydrogens is 582 g/mol. The Morgan fingerprint density at radius 2 is 1.86 bits per heavy atom. The lowest BCUT2D eigenvalue weighted by molar-refractivity contribution is -0.129. The van der Waals surface area contributed by atoms with E-state index in [1.165, 1.54) is 33.1 Å². The number of para-hydroxylation sites is 1. The summed E-state index contributed by atoms with van der Waals surface area (Å²) in [5, 5.41) is 21.4. The quantitative estimate of drug-likeness (QED) is 0.206. The van der Waals surface area contributed by atoms with Gasteiger partial charge in [-0.3, -0.25) is 14.2 Å². The first kappa shape index (κ1) is 32.6. The van der Waals surface area contributed by atoms with Crippen LogP contribution in [0.25, 0.3) is 15.2 Å². The smallest absolute Gasteiger partial charge is 0.333 e. The van der Waals surface area contributed by atoms with Crippen LogP contribution >= 0.6 is 11.3 Å². The lowest BCUT2D eigenvalue weighted by Crippen LogP contribution is -2.56. The molecule has 44 heavy (non-hydrogen) atoms. The number of nitriles is 1. The van der Waals surface area contributed by atoms with Gasteiger partial charge in [-0.2, -0.15) is 15.5 Å². The van der Waals surface area contributed by atoms with Crippen molar-refractivity contribution in [2.45, 2.75) is 85.0 Å². The van der Waals surface area contributed by atoms with Gasteiger partial charge in [0.2, 0.25) is 5.91 Å². The lowest BCUT2D eigenvalue weighted by atomic mass is 10.0. The molecule has 0 radical (unpaired) electrons. The summed E-state index contributed by atoms with van der Waals surface area (Å²) >= 11 is 1.21. The maximum atomic E-state index is 14.4. The Balaban J connectivity index is 1.97. The van der Waals surface area contributed by atoms with Crippen molar-refractivity contribution in [3.63, 3.8) is 0 Å². The number of aromatic nitrogens is 5. The maximum Gasteiger partial charge on any atom is 0.333 e. The summed E-state index contributed by atoms with van der Waals surface area (Å²) in [5.41, 5.74) is -1.48. The fraction of sp³-hybridized carbons (Fsp3) is 0.484. The molecule has 4 aromatic rings. The number of aryl methyl sites for hydroxylation is 1. The number of amides is 1. The van der Waals surface area contributed by atoms with Crippen LogP contribution in [0.15, 0.2) is 46.2 Å². The van der Waals surface area contributed by atoms with Gasteiger partial charge in [0, 0.05) is 17.2 Å². The molecule has 234 valence electrons. The number of thiophene rings is 1. The minimum atomic E-state index is -1.52. The van der Waals surface area contributed by atoms with E-state index in [0.29, 0.717) is 33.3 Å². The second-order valence-corrected chi connectivity index (χ2v) is 12.2. The van der Waals surface area contributed by atoms with Crippen LogP contribution in [0.1, 0.15) is 71.1 Å². The first-order valence-corrected chi connectivity index (χ1v) is 15.5. The van der Waals surface area contributed by atoms with Gasteiger partial charge in [0.05, 0.1) is 50.0 Å². The van der Waals surface area contributed by atoms with Crippen molar-refractivity contribution < 1.29 is 14.3 Å². The van der Waals surface area contributed by atoms with Gasteiger partial charge >= 0.3 is 5.69 Å². The zero-order valence-electron chi connectivity index (χ0n) is 26.0. The van der Waals surface area contributed by atoms with Gasteiger partial charge in [0.25, 0.3) is 5.56 Å². The van der Waals surface area contributed by atoms with Crippen molar-refractivity contribution in [3.05, 3.63) is 68.6 Å². The molecule has 1 atom stereocenters. The van der Waals surface area contributed by atoms with Crippen LogP contribution in [0.3, 0.4) is 0 Å². The van der Waals surface area contributed by atoms with Gasteiger partial charge in [0.1, 0.15) is 27.2 Å². The molecule has 4 rings (SSSR count). The van der Waals surface area contributed by atoms with Crippen molar-refractivity contribution in [1.82, 2.24) is 29.4 Å². The number of carbonyl (C=O) groups is 1. The number of rotatable bonds is 14. The van der Waals surface area contributed by atoms with Crippen molar-refractivity contribution in [1.29, 1.82) is 5.26 Å². The summed E-state index contributed by atoms with van der Waals surface area (Å²) in [4.78, 5) is 43.8. The third-order valence-electron chi connectivity index (χ3n) is 7.22. The third kappa shape index (κ3) is 6.61. The average molecular weight is 622 g/mol. The summed E-state index contributed by atoms with van der Waals surface area (Å²) in [6.45, 7) is 11.2. The van der Waals surface area contributed by atoms with Crippen LogP contribution in [0.2, 0.25) is 0 Å². The highest BCUT2D eigenvalue weighted by Gasteiger charge is 2.36. The summed E-state index contributed by atoms with van der Waals surface area (Å²) in [5.74, 6) is 0.150. The van der Waals surface area contributed by atoms with Crippen molar-refractivity contribution in [2.24, 2.45) is 0 Å². The molecular formula is C31H39N7O5S. The SMILES string of the molecule is CCCCOc1ccccc1[C@H](Cn1c(=O)n(C(C)(C)C(=O)NC(C)C)c(=O)c2c(C)c(-n3nccn3)sc21)OCCC#N. The van der Waals surface area contributed by atoms with E-state index >= 15 is 0 Å². The normalized spacial score (nSPS) is 12.4. The number of hydrogen-bond acceptors (Lipinski definition) is 9. The predicted octanol–water partition coefficient (Wildman–Crippen LogP) is 4.22. The predicted molar refractivity (Wildman–Crippen MR) is 168 cm³/mol. The van der Waals surface area contributed by atoms with E-state index in [1.54, 1.807) is 20.8 Å². The molecule has 12 nitrogen and oxygen atoms in total. The molecule has 3 heterocycles. The van der Waals surface area contributed by atoms with Crippen LogP contribution in [0.5, 0.6) is 5.75 Å². The van der Waals surface area contributed by atoms with E-state index in [0.717, 1.165) is 17.4 Å². The van der Waals surface area contributed by atoms with Crippen LogP contribution < -0.4 is 21.3 Å². The second kappa shape index (κ2) is 14.0.